The Bertz CT molecular complexity index is 95.3. The van der Waals surface area contributed by atoms with Crippen LogP contribution in [-0.2, 0) is 4.74 Å². The van der Waals surface area contributed by atoms with Gasteiger partial charge in [-0.25, -0.2) is 0 Å². The summed E-state index contributed by atoms with van der Waals surface area (Å²) in [6.45, 7) is 4.27. The predicted molar refractivity (Wildman–Crippen MR) is 42.1 cm³/mol. The minimum absolute atomic E-state index is 0.521. The Morgan fingerprint density at radius 1 is 1.60 bits per heavy atom. The zero-order valence-corrected chi connectivity index (χ0v) is 6.89. The summed E-state index contributed by atoms with van der Waals surface area (Å²) in [4.78, 5) is 0. The first-order valence-electron chi connectivity index (χ1n) is 4.14. The lowest BCUT2D eigenvalue weighted by molar-refractivity contribution is 0.0877. The first-order valence-corrected chi connectivity index (χ1v) is 4.14. The fourth-order valence-corrected chi connectivity index (χ4v) is 1.64. The van der Waals surface area contributed by atoms with Crippen LogP contribution in [0.4, 0.5) is 0 Å². The zero-order chi connectivity index (χ0) is 7.40. The highest BCUT2D eigenvalue weighted by atomic mass is 16.5. The monoisotopic (exact) mass is 143 g/mol. The van der Waals surface area contributed by atoms with Crippen LogP contribution in [0, 0.1) is 5.92 Å². The third-order valence-corrected chi connectivity index (χ3v) is 2.22. The van der Waals surface area contributed by atoms with E-state index < -0.39 is 0 Å². The molecular weight excluding hydrogens is 126 g/mol. The summed E-state index contributed by atoms with van der Waals surface area (Å²) >= 11 is 0. The van der Waals surface area contributed by atoms with Gasteiger partial charge in [-0.1, -0.05) is 6.92 Å². The SMILES string of the molecule is CCC1OCCC1CNC. The molecule has 60 valence electrons. The molecular formula is C8H17NO. The molecule has 1 fully saturated rings. The van der Waals surface area contributed by atoms with Gasteiger partial charge in [0, 0.05) is 13.2 Å². The van der Waals surface area contributed by atoms with Crippen LogP contribution in [0.3, 0.4) is 0 Å². The standard InChI is InChI=1S/C8H17NO/c1-3-8-7(6-9-2)4-5-10-8/h7-9H,3-6H2,1-2H3. The third-order valence-electron chi connectivity index (χ3n) is 2.22. The van der Waals surface area contributed by atoms with Crippen molar-refractivity contribution in [2.75, 3.05) is 20.2 Å². The van der Waals surface area contributed by atoms with Gasteiger partial charge in [-0.2, -0.15) is 0 Å². The van der Waals surface area contributed by atoms with E-state index in [0.29, 0.717) is 6.10 Å². The van der Waals surface area contributed by atoms with Crippen molar-refractivity contribution in [1.29, 1.82) is 0 Å². The summed E-state index contributed by atoms with van der Waals surface area (Å²) < 4.78 is 5.53. The van der Waals surface area contributed by atoms with Gasteiger partial charge in [-0.05, 0) is 25.8 Å². The lowest BCUT2D eigenvalue weighted by atomic mass is 10.00. The van der Waals surface area contributed by atoms with Gasteiger partial charge >= 0.3 is 0 Å². The number of ether oxygens (including phenoxy) is 1. The summed E-state index contributed by atoms with van der Waals surface area (Å²) in [6, 6.07) is 0. The molecule has 0 saturated carbocycles. The molecule has 2 unspecified atom stereocenters. The molecule has 1 N–H and O–H groups in total. The second kappa shape index (κ2) is 3.94. The van der Waals surface area contributed by atoms with E-state index in [9.17, 15) is 0 Å². The molecule has 0 spiro atoms. The molecule has 2 heteroatoms. The molecule has 1 rings (SSSR count). The normalized spacial score (nSPS) is 33.0. The van der Waals surface area contributed by atoms with Gasteiger partial charge in [0.1, 0.15) is 0 Å². The molecule has 1 saturated heterocycles. The highest BCUT2D eigenvalue weighted by Crippen LogP contribution is 2.22. The second-order valence-electron chi connectivity index (χ2n) is 2.92. The quantitative estimate of drug-likeness (QED) is 0.637. The van der Waals surface area contributed by atoms with Crippen molar-refractivity contribution in [1.82, 2.24) is 5.32 Å². The van der Waals surface area contributed by atoms with Crippen LogP contribution in [0.1, 0.15) is 19.8 Å². The molecule has 0 aromatic heterocycles. The maximum atomic E-state index is 5.53. The lowest BCUT2D eigenvalue weighted by Gasteiger charge is -2.15. The van der Waals surface area contributed by atoms with E-state index in [0.717, 1.165) is 25.5 Å². The average molecular weight is 143 g/mol. The van der Waals surface area contributed by atoms with E-state index in [-0.39, 0.29) is 0 Å². The number of hydrogen-bond donors (Lipinski definition) is 1. The van der Waals surface area contributed by atoms with Crippen LogP contribution in [0.25, 0.3) is 0 Å². The topological polar surface area (TPSA) is 21.3 Å². The highest BCUT2D eigenvalue weighted by Gasteiger charge is 2.25. The van der Waals surface area contributed by atoms with E-state index in [2.05, 4.69) is 12.2 Å². The van der Waals surface area contributed by atoms with E-state index >= 15 is 0 Å². The summed E-state index contributed by atoms with van der Waals surface area (Å²) in [5, 5.41) is 3.19. The first kappa shape index (κ1) is 8.02. The molecule has 0 bridgehead atoms. The molecule has 0 aliphatic carbocycles. The minimum Gasteiger partial charge on any atom is -0.378 e. The van der Waals surface area contributed by atoms with Gasteiger partial charge in [0.25, 0.3) is 0 Å². The van der Waals surface area contributed by atoms with E-state index in [1.807, 2.05) is 7.05 Å². The van der Waals surface area contributed by atoms with Crippen molar-refractivity contribution in [2.24, 2.45) is 5.92 Å². The van der Waals surface area contributed by atoms with Gasteiger partial charge < -0.3 is 10.1 Å². The van der Waals surface area contributed by atoms with Crippen molar-refractivity contribution < 1.29 is 4.74 Å². The molecule has 2 atom stereocenters. The Balaban J connectivity index is 2.27. The molecule has 10 heavy (non-hydrogen) atoms. The smallest absolute Gasteiger partial charge is 0.0613 e. The maximum Gasteiger partial charge on any atom is 0.0613 e. The number of nitrogens with one attached hydrogen (secondary N) is 1. The Morgan fingerprint density at radius 3 is 3.00 bits per heavy atom. The molecule has 0 aromatic carbocycles. The van der Waals surface area contributed by atoms with Gasteiger partial charge in [0.05, 0.1) is 6.10 Å². The second-order valence-corrected chi connectivity index (χ2v) is 2.92. The summed E-state index contributed by atoms with van der Waals surface area (Å²) in [7, 11) is 2.00. The maximum absolute atomic E-state index is 5.53. The molecule has 1 heterocycles. The largest absolute Gasteiger partial charge is 0.378 e. The van der Waals surface area contributed by atoms with Crippen LogP contribution in [0.15, 0.2) is 0 Å². The van der Waals surface area contributed by atoms with Crippen LogP contribution in [0.2, 0.25) is 0 Å². The fraction of sp³-hybridized carbons (Fsp3) is 1.00. The van der Waals surface area contributed by atoms with Crippen LogP contribution >= 0.6 is 0 Å². The third kappa shape index (κ3) is 1.70. The van der Waals surface area contributed by atoms with Crippen molar-refractivity contribution in [3.8, 4) is 0 Å². The fourth-order valence-electron chi connectivity index (χ4n) is 1.64. The Morgan fingerprint density at radius 2 is 2.40 bits per heavy atom. The van der Waals surface area contributed by atoms with Crippen molar-refractivity contribution in [3.63, 3.8) is 0 Å². The first-order chi connectivity index (χ1) is 4.88. The summed E-state index contributed by atoms with van der Waals surface area (Å²) in [6.07, 6.45) is 2.92. The minimum atomic E-state index is 0.521. The van der Waals surface area contributed by atoms with Gasteiger partial charge in [-0.15, -0.1) is 0 Å². The predicted octanol–water partition coefficient (Wildman–Crippen LogP) is 1.02. The van der Waals surface area contributed by atoms with E-state index in [1.165, 1.54) is 6.42 Å². The Hall–Kier alpha value is -0.0800. The summed E-state index contributed by atoms with van der Waals surface area (Å²) in [5.74, 6) is 0.759. The molecule has 0 amide bonds. The van der Waals surface area contributed by atoms with E-state index in [1.54, 1.807) is 0 Å². The van der Waals surface area contributed by atoms with Crippen molar-refractivity contribution >= 4 is 0 Å². The Labute approximate surface area is 63.0 Å². The highest BCUT2D eigenvalue weighted by molar-refractivity contribution is 4.76. The molecule has 0 radical (unpaired) electrons. The van der Waals surface area contributed by atoms with E-state index in [4.69, 9.17) is 4.74 Å². The Kier molecular flexibility index (Phi) is 3.16. The molecule has 2 nitrogen and oxygen atoms in total. The van der Waals surface area contributed by atoms with Crippen molar-refractivity contribution in [2.45, 2.75) is 25.9 Å². The summed E-state index contributed by atoms with van der Waals surface area (Å²) in [5.41, 5.74) is 0. The molecule has 0 aromatic rings. The van der Waals surface area contributed by atoms with Crippen LogP contribution in [-0.4, -0.2) is 26.3 Å². The van der Waals surface area contributed by atoms with Gasteiger partial charge in [0.15, 0.2) is 0 Å². The molecule has 1 aliphatic heterocycles. The van der Waals surface area contributed by atoms with Gasteiger partial charge in [0.2, 0.25) is 0 Å². The number of rotatable bonds is 3. The lowest BCUT2D eigenvalue weighted by Crippen LogP contribution is -2.25. The van der Waals surface area contributed by atoms with Crippen LogP contribution < -0.4 is 5.32 Å². The van der Waals surface area contributed by atoms with Gasteiger partial charge in [-0.3, -0.25) is 0 Å². The average Bonchev–Trinajstić information content (AvgIpc) is 2.36. The zero-order valence-electron chi connectivity index (χ0n) is 6.89. The van der Waals surface area contributed by atoms with Crippen molar-refractivity contribution in [3.05, 3.63) is 0 Å². The molecule has 1 aliphatic rings. The van der Waals surface area contributed by atoms with Crippen LogP contribution in [0.5, 0.6) is 0 Å². The number of hydrogen-bond acceptors (Lipinski definition) is 2.